The molecule has 0 spiro atoms. The molecule has 16 heteroatoms. The summed E-state index contributed by atoms with van der Waals surface area (Å²) >= 11 is 0.766. The predicted molar refractivity (Wildman–Crippen MR) is 131 cm³/mol. The molecule has 3 N–H and O–H groups in total. The molecule has 0 saturated carbocycles. The lowest BCUT2D eigenvalue weighted by molar-refractivity contribution is -0.136. The van der Waals surface area contributed by atoms with Gasteiger partial charge in [-0.15, -0.1) is 0 Å². The number of anilines is 2. The molecular formula is C21H24F3N7O4S2. The number of carbonyl (C=O) groups is 1. The zero-order valence-corrected chi connectivity index (χ0v) is 21.4. The highest BCUT2D eigenvalue weighted by Crippen LogP contribution is 2.35. The van der Waals surface area contributed by atoms with E-state index in [0.717, 1.165) is 23.7 Å². The number of benzene rings is 1. The first-order valence-corrected chi connectivity index (χ1v) is 13.4. The monoisotopic (exact) mass is 559 g/mol. The third-order valence-corrected chi connectivity index (χ3v) is 9.32. The molecule has 0 radical (unpaired) electrons. The van der Waals surface area contributed by atoms with Gasteiger partial charge in [-0.1, -0.05) is 17.4 Å². The van der Waals surface area contributed by atoms with Gasteiger partial charge in [-0.25, -0.2) is 28.2 Å². The second-order valence-electron chi connectivity index (χ2n) is 8.49. The molecule has 1 saturated heterocycles. The Morgan fingerprint density at radius 2 is 1.92 bits per heavy atom. The zero-order valence-electron chi connectivity index (χ0n) is 19.8. The Bertz CT molecular complexity index is 1410. The third-order valence-electron chi connectivity index (χ3n) is 5.76. The van der Waals surface area contributed by atoms with E-state index < -0.39 is 27.9 Å². The summed E-state index contributed by atoms with van der Waals surface area (Å²) in [6.45, 7) is 5.19. The average Bonchev–Trinajstić information content (AvgIpc) is 3.18. The van der Waals surface area contributed by atoms with E-state index in [4.69, 9.17) is 5.11 Å². The summed E-state index contributed by atoms with van der Waals surface area (Å²) in [5.41, 5.74) is -0.791. The first-order chi connectivity index (χ1) is 17.4. The van der Waals surface area contributed by atoms with Crippen molar-refractivity contribution in [2.24, 2.45) is 0 Å². The highest BCUT2D eigenvalue weighted by molar-refractivity contribution is 7.91. The van der Waals surface area contributed by atoms with Crippen LogP contribution in [0, 0.1) is 6.92 Å². The van der Waals surface area contributed by atoms with Gasteiger partial charge in [0.1, 0.15) is 12.1 Å². The number of piperazine rings is 1. The summed E-state index contributed by atoms with van der Waals surface area (Å²) in [4.78, 5) is 24.8. The molecule has 1 aliphatic heterocycles. The zero-order chi connectivity index (χ0) is 27.0. The van der Waals surface area contributed by atoms with Crippen molar-refractivity contribution in [2.75, 3.05) is 43.4 Å². The van der Waals surface area contributed by atoms with Crippen LogP contribution in [0.4, 0.5) is 28.9 Å². The van der Waals surface area contributed by atoms with E-state index in [-0.39, 0.29) is 50.9 Å². The molecular weight excluding hydrogens is 535 g/mol. The van der Waals surface area contributed by atoms with Crippen LogP contribution in [0.3, 0.4) is 0 Å². The smallest absolute Gasteiger partial charge is 0.418 e. The van der Waals surface area contributed by atoms with Gasteiger partial charge in [-0.3, -0.25) is 10.2 Å². The molecule has 0 aliphatic carbocycles. The van der Waals surface area contributed by atoms with Gasteiger partial charge in [-0.2, -0.15) is 17.5 Å². The summed E-state index contributed by atoms with van der Waals surface area (Å²) in [5.74, 6) is 0.288. The molecule has 2 aromatic heterocycles. The quantitative estimate of drug-likeness (QED) is 0.398. The van der Waals surface area contributed by atoms with Crippen LogP contribution in [0.1, 0.15) is 18.2 Å². The minimum atomic E-state index is -4.54. The average molecular weight is 560 g/mol. The van der Waals surface area contributed by atoms with Crippen LogP contribution in [0.5, 0.6) is 0 Å². The van der Waals surface area contributed by atoms with Crippen LogP contribution in [0.2, 0.25) is 0 Å². The number of alkyl halides is 3. The normalized spacial score (nSPS) is 16.6. The Kier molecular flexibility index (Phi) is 7.55. The molecule has 11 nitrogen and oxygen atoms in total. The molecule has 37 heavy (non-hydrogen) atoms. The second-order valence-corrected chi connectivity index (χ2v) is 11.6. The fourth-order valence-corrected chi connectivity index (χ4v) is 7.10. The van der Waals surface area contributed by atoms with Crippen molar-refractivity contribution in [1.82, 2.24) is 24.2 Å². The second kappa shape index (κ2) is 10.4. The maximum atomic E-state index is 13.4. The number of nitrogens with one attached hydrogen (secondary N) is 2. The largest absolute Gasteiger partial charge is 0.465 e. The van der Waals surface area contributed by atoms with Crippen molar-refractivity contribution in [1.29, 1.82) is 0 Å². The van der Waals surface area contributed by atoms with Gasteiger partial charge in [0, 0.05) is 44.2 Å². The number of nitrogens with zero attached hydrogens (tertiary/aromatic N) is 5. The number of sulfonamides is 1. The topological polar surface area (TPSA) is 141 Å². The van der Waals surface area contributed by atoms with E-state index in [2.05, 4.69) is 25.6 Å². The van der Waals surface area contributed by atoms with Crippen LogP contribution in [0.15, 0.2) is 28.7 Å². The predicted octanol–water partition coefficient (Wildman–Crippen LogP) is 3.31. The molecule has 1 fully saturated rings. The van der Waals surface area contributed by atoms with Crippen molar-refractivity contribution < 1.29 is 31.5 Å². The Hall–Kier alpha value is -3.08. The molecule has 0 bridgehead atoms. The number of aromatic nitrogens is 3. The summed E-state index contributed by atoms with van der Waals surface area (Å²) in [7, 11) is -3.84. The van der Waals surface area contributed by atoms with Crippen LogP contribution in [0.25, 0.3) is 10.9 Å². The van der Waals surface area contributed by atoms with Gasteiger partial charge in [-0.05, 0) is 26.0 Å². The molecule has 1 atom stereocenters. The number of fused-ring (bicyclic) bond motifs is 1. The van der Waals surface area contributed by atoms with Crippen molar-refractivity contribution in [3.8, 4) is 0 Å². The van der Waals surface area contributed by atoms with E-state index in [1.807, 2.05) is 11.8 Å². The number of hydrogen-bond donors (Lipinski definition) is 3. The lowest BCUT2D eigenvalue weighted by atomic mass is 10.1. The number of para-hydroxylation sites is 1. The van der Waals surface area contributed by atoms with Gasteiger partial charge in [0.25, 0.3) is 10.0 Å². The van der Waals surface area contributed by atoms with Crippen molar-refractivity contribution in [3.63, 3.8) is 0 Å². The lowest BCUT2D eigenvalue weighted by Gasteiger charge is -2.35. The minimum Gasteiger partial charge on any atom is -0.465 e. The number of rotatable bonds is 7. The van der Waals surface area contributed by atoms with Gasteiger partial charge in [0.15, 0.2) is 9.34 Å². The molecule has 200 valence electrons. The maximum Gasteiger partial charge on any atom is 0.418 e. The Morgan fingerprint density at radius 3 is 2.57 bits per heavy atom. The summed E-state index contributed by atoms with van der Waals surface area (Å²) < 4.78 is 67.6. The van der Waals surface area contributed by atoms with E-state index in [9.17, 15) is 26.4 Å². The number of halogens is 3. The maximum absolute atomic E-state index is 13.4. The number of aryl methyl sites for hydroxylation is 1. The molecule has 4 rings (SSSR count). The first kappa shape index (κ1) is 27.0. The van der Waals surface area contributed by atoms with Crippen LogP contribution < -0.4 is 10.6 Å². The Labute approximate surface area is 214 Å². The first-order valence-electron chi connectivity index (χ1n) is 11.1. The lowest BCUT2D eigenvalue weighted by Crippen LogP contribution is -2.50. The van der Waals surface area contributed by atoms with Crippen LogP contribution in [-0.4, -0.2) is 82.5 Å². The SMILES string of the molecule is Cc1nc(NC(=O)O)sc1S(=O)(=O)N1CCN(CC(C)Nc2ncnc3c(C(F)(F)F)cccc23)CC1. The van der Waals surface area contributed by atoms with Crippen molar-refractivity contribution in [2.45, 2.75) is 30.3 Å². The number of amides is 1. The summed E-state index contributed by atoms with van der Waals surface area (Å²) in [5, 5.41) is 14.3. The van der Waals surface area contributed by atoms with E-state index in [1.54, 1.807) is 0 Å². The van der Waals surface area contributed by atoms with Crippen LogP contribution >= 0.6 is 11.3 Å². The minimum absolute atomic E-state index is 0.00593. The third kappa shape index (κ3) is 5.92. The fourth-order valence-electron chi connectivity index (χ4n) is 4.13. The van der Waals surface area contributed by atoms with Crippen LogP contribution in [-0.2, 0) is 16.2 Å². The highest BCUT2D eigenvalue weighted by atomic mass is 32.2. The van der Waals surface area contributed by atoms with Gasteiger partial charge in [0.2, 0.25) is 0 Å². The molecule has 1 amide bonds. The van der Waals surface area contributed by atoms with Gasteiger partial charge in [0.05, 0.1) is 16.8 Å². The highest BCUT2D eigenvalue weighted by Gasteiger charge is 2.34. The Morgan fingerprint density at radius 1 is 1.22 bits per heavy atom. The molecule has 3 heterocycles. The van der Waals surface area contributed by atoms with Crippen molar-refractivity contribution in [3.05, 3.63) is 35.8 Å². The molecule has 1 unspecified atom stereocenters. The Balaban J connectivity index is 1.39. The number of carboxylic acid groups (broad SMARTS) is 1. The molecule has 1 aromatic carbocycles. The van der Waals surface area contributed by atoms with Gasteiger partial charge < -0.3 is 10.4 Å². The summed E-state index contributed by atoms with van der Waals surface area (Å²) in [6.07, 6.45) is -4.78. The fraction of sp³-hybridized carbons (Fsp3) is 0.429. The standard InChI is InChI=1S/C21H24F3N7O4S2/c1-12(27-17-14-4-3-5-15(21(22,23)24)16(14)25-11-26-17)10-30-6-8-31(9-7-30)37(34,35)18-13(2)28-19(36-18)29-20(32)33/h3-5,11-12H,6-10H2,1-2H3,(H,28,29)(H,32,33)(H,25,26,27). The molecule has 3 aromatic rings. The molecule has 1 aliphatic rings. The summed E-state index contributed by atoms with van der Waals surface area (Å²) in [6, 6.07) is 3.62. The van der Waals surface area contributed by atoms with E-state index >= 15 is 0 Å². The van der Waals surface area contributed by atoms with Gasteiger partial charge >= 0.3 is 12.3 Å². The van der Waals surface area contributed by atoms with Crippen molar-refractivity contribution >= 4 is 49.3 Å². The van der Waals surface area contributed by atoms with E-state index in [0.29, 0.717) is 19.6 Å². The van der Waals surface area contributed by atoms with E-state index in [1.165, 1.54) is 23.4 Å². The number of thiazole rings is 1. The number of hydrogen-bond acceptors (Lipinski definition) is 9.